The van der Waals surface area contributed by atoms with Gasteiger partial charge in [-0.2, -0.15) is 5.10 Å². The number of hydrogen-bond donors (Lipinski definition) is 0. The van der Waals surface area contributed by atoms with Gasteiger partial charge in [0, 0.05) is 19.7 Å². The quantitative estimate of drug-likeness (QED) is 0.401. The summed E-state index contributed by atoms with van der Waals surface area (Å²) in [5.41, 5.74) is 0. The van der Waals surface area contributed by atoms with E-state index in [0.29, 0.717) is 6.54 Å². The maximum absolute atomic E-state index is 10.6. The Labute approximate surface area is 55.4 Å². The van der Waals surface area contributed by atoms with E-state index >= 15 is 0 Å². The van der Waals surface area contributed by atoms with Gasteiger partial charge < -0.3 is 0 Å². The summed E-state index contributed by atoms with van der Waals surface area (Å²) in [6, 6.07) is 0. The third-order valence-corrected chi connectivity index (χ3v) is 0.918. The van der Waals surface area contributed by atoms with E-state index in [1.165, 1.54) is 11.9 Å². The molecule has 0 saturated carbocycles. The third-order valence-electron chi connectivity index (χ3n) is 0.918. The first-order valence-electron chi connectivity index (χ1n) is 2.99. The zero-order valence-electron chi connectivity index (χ0n) is 6.09. The second-order valence-electron chi connectivity index (χ2n) is 1.61. The number of rotatable bonds is 2. The molecule has 0 rings (SSSR count). The molecule has 0 atom stereocenters. The molecular formula is C6H12N2O. The van der Waals surface area contributed by atoms with Gasteiger partial charge in [0.1, 0.15) is 0 Å². The van der Waals surface area contributed by atoms with Gasteiger partial charge in [-0.15, -0.1) is 0 Å². The predicted molar refractivity (Wildman–Crippen MR) is 37.2 cm³/mol. The molecule has 0 aromatic rings. The van der Waals surface area contributed by atoms with Crippen molar-refractivity contribution in [1.29, 1.82) is 0 Å². The predicted octanol–water partition coefficient (Wildman–Crippen LogP) is 0.861. The van der Waals surface area contributed by atoms with E-state index in [2.05, 4.69) is 5.10 Å². The molecule has 1 amide bonds. The fourth-order valence-corrected chi connectivity index (χ4v) is 0.525. The normalized spacial score (nSPS) is 10.1. The minimum Gasteiger partial charge on any atom is -0.273 e. The molecule has 9 heavy (non-hydrogen) atoms. The van der Waals surface area contributed by atoms with Crippen LogP contribution in [0, 0.1) is 0 Å². The van der Waals surface area contributed by atoms with Crippen LogP contribution < -0.4 is 0 Å². The minimum absolute atomic E-state index is 0.0180. The highest BCUT2D eigenvalue weighted by Gasteiger charge is 1.99. The number of amides is 1. The van der Waals surface area contributed by atoms with Crippen LogP contribution in [0.4, 0.5) is 0 Å². The highest BCUT2D eigenvalue weighted by atomic mass is 16.2. The first-order valence-corrected chi connectivity index (χ1v) is 2.99. The van der Waals surface area contributed by atoms with Crippen LogP contribution in [0.15, 0.2) is 5.10 Å². The standard InChI is InChI=1S/C6H12N2O/c1-4-7-8(5-2)6(3)9/h4H,5H2,1-3H3. The van der Waals surface area contributed by atoms with Crippen molar-refractivity contribution in [2.24, 2.45) is 5.10 Å². The lowest BCUT2D eigenvalue weighted by Gasteiger charge is -2.09. The van der Waals surface area contributed by atoms with Crippen molar-refractivity contribution in [3.05, 3.63) is 0 Å². The van der Waals surface area contributed by atoms with E-state index < -0.39 is 0 Å². The zero-order valence-corrected chi connectivity index (χ0v) is 6.09. The Morgan fingerprint density at radius 3 is 2.44 bits per heavy atom. The molecule has 52 valence electrons. The van der Waals surface area contributed by atoms with Crippen LogP contribution in [0.25, 0.3) is 0 Å². The van der Waals surface area contributed by atoms with Crippen LogP contribution in [0.1, 0.15) is 20.8 Å². The molecule has 0 aromatic heterocycles. The molecule has 0 aliphatic rings. The van der Waals surface area contributed by atoms with Gasteiger partial charge in [-0.3, -0.25) is 4.79 Å². The van der Waals surface area contributed by atoms with Crippen molar-refractivity contribution < 1.29 is 4.79 Å². The smallest absolute Gasteiger partial charge is 0.239 e. The summed E-state index contributed by atoms with van der Waals surface area (Å²) in [7, 11) is 0. The van der Waals surface area contributed by atoms with Gasteiger partial charge in [0.2, 0.25) is 5.91 Å². The fourth-order valence-electron chi connectivity index (χ4n) is 0.525. The van der Waals surface area contributed by atoms with Crippen molar-refractivity contribution in [3.8, 4) is 0 Å². The van der Waals surface area contributed by atoms with E-state index in [1.807, 2.05) is 6.92 Å². The first kappa shape index (κ1) is 8.14. The van der Waals surface area contributed by atoms with Gasteiger partial charge in [-0.05, 0) is 13.8 Å². The summed E-state index contributed by atoms with van der Waals surface area (Å²) >= 11 is 0. The molecule has 0 saturated heterocycles. The van der Waals surface area contributed by atoms with Gasteiger partial charge in [-0.25, -0.2) is 5.01 Å². The second kappa shape index (κ2) is 4.06. The molecule has 0 aliphatic heterocycles. The maximum Gasteiger partial charge on any atom is 0.239 e. The first-order chi connectivity index (χ1) is 4.22. The Hall–Kier alpha value is -0.860. The Morgan fingerprint density at radius 1 is 1.78 bits per heavy atom. The van der Waals surface area contributed by atoms with Crippen molar-refractivity contribution in [2.45, 2.75) is 20.8 Å². The van der Waals surface area contributed by atoms with E-state index in [9.17, 15) is 4.79 Å². The van der Waals surface area contributed by atoms with Crippen LogP contribution in [0.3, 0.4) is 0 Å². The molecule has 0 N–H and O–H groups in total. The van der Waals surface area contributed by atoms with Gasteiger partial charge in [0.25, 0.3) is 0 Å². The fraction of sp³-hybridized carbons (Fsp3) is 0.667. The lowest BCUT2D eigenvalue weighted by Crippen LogP contribution is -2.22. The van der Waals surface area contributed by atoms with E-state index in [1.54, 1.807) is 13.1 Å². The zero-order chi connectivity index (χ0) is 7.28. The summed E-state index contributed by atoms with van der Waals surface area (Å²) in [5, 5.41) is 5.20. The monoisotopic (exact) mass is 128 g/mol. The van der Waals surface area contributed by atoms with E-state index in [-0.39, 0.29) is 5.91 Å². The van der Waals surface area contributed by atoms with Gasteiger partial charge >= 0.3 is 0 Å². The summed E-state index contributed by atoms with van der Waals surface area (Å²) in [4.78, 5) is 10.6. The van der Waals surface area contributed by atoms with Crippen LogP contribution in [-0.4, -0.2) is 23.7 Å². The van der Waals surface area contributed by atoms with Crippen molar-refractivity contribution >= 4 is 12.1 Å². The second-order valence-corrected chi connectivity index (χ2v) is 1.61. The van der Waals surface area contributed by atoms with Crippen LogP contribution >= 0.6 is 0 Å². The van der Waals surface area contributed by atoms with Gasteiger partial charge in [0.05, 0.1) is 0 Å². The summed E-state index contributed by atoms with van der Waals surface area (Å²) in [5.74, 6) is -0.0180. The van der Waals surface area contributed by atoms with Crippen LogP contribution in [-0.2, 0) is 4.79 Å². The molecule has 0 fully saturated rings. The average Bonchev–Trinajstić information content (AvgIpc) is 1.82. The summed E-state index contributed by atoms with van der Waals surface area (Å²) < 4.78 is 0. The van der Waals surface area contributed by atoms with Crippen molar-refractivity contribution in [1.82, 2.24) is 5.01 Å². The maximum atomic E-state index is 10.6. The Kier molecular flexibility index (Phi) is 3.67. The number of hydrazone groups is 1. The molecule has 0 heterocycles. The molecule has 0 aliphatic carbocycles. The largest absolute Gasteiger partial charge is 0.273 e. The van der Waals surface area contributed by atoms with Gasteiger partial charge in [-0.1, -0.05) is 0 Å². The van der Waals surface area contributed by atoms with Crippen molar-refractivity contribution in [3.63, 3.8) is 0 Å². The highest BCUT2D eigenvalue weighted by molar-refractivity contribution is 5.73. The lowest BCUT2D eigenvalue weighted by molar-refractivity contribution is -0.128. The number of carbonyl (C=O) groups excluding carboxylic acids is 1. The molecule has 3 heteroatoms. The molecular weight excluding hydrogens is 116 g/mol. The molecule has 0 spiro atoms. The SMILES string of the molecule is CC=NN(CC)C(C)=O. The molecule has 0 bridgehead atoms. The number of carbonyl (C=O) groups is 1. The van der Waals surface area contributed by atoms with Crippen molar-refractivity contribution in [2.75, 3.05) is 6.54 Å². The van der Waals surface area contributed by atoms with Gasteiger partial charge in [0.15, 0.2) is 0 Å². The molecule has 3 nitrogen and oxygen atoms in total. The molecule has 0 unspecified atom stereocenters. The van der Waals surface area contributed by atoms with Crippen LogP contribution in [0.2, 0.25) is 0 Å². The van der Waals surface area contributed by atoms with E-state index in [4.69, 9.17) is 0 Å². The highest BCUT2D eigenvalue weighted by Crippen LogP contribution is 1.86. The Balaban J connectivity index is 3.83. The number of nitrogens with zero attached hydrogens (tertiary/aromatic N) is 2. The molecule has 0 aromatic carbocycles. The topological polar surface area (TPSA) is 32.7 Å². The lowest BCUT2D eigenvalue weighted by atomic mass is 10.6. The number of hydrogen-bond acceptors (Lipinski definition) is 2. The van der Waals surface area contributed by atoms with E-state index in [0.717, 1.165) is 0 Å². The summed E-state index contributed by atoms with van der Waals surface area (Å²) in [6.07, 6.45) is 1.60. The Morgan fingerprint density at radius 2 is 2.33 bits per heavy atom. The average molecular weight is 128 g/mol. The molecule has 0 radical (unpaired) electrons. The van der Waals surface area contributed by atoms with Crippen LogP contribution in [0.5, 0.6) is 0 Å². The minimum atomic E-state index is -0.0180. The Bertz CT molecular complexity index is 120. The summed E-state index contributed by atoms with van der Waals surface area (Å²) in [6.45, 7) is 5.80. The third kappa shape index (κ3) is 2.85.